The molecule has 17 heavy (non-hydrogen) atoms. The van der Waals surface area contributed by atoms with Crippen LogP contribution in [0.4, 0.5) is 15.8 Å². The first-order valence-electron chi connectivity index (χ1n) is 4.98. The minimum absolute atomic E-state index is 0.169. The molecule has 0 spiro atoms. The smallest absolute Gasteiger partial charge is 0.291 e. The van der Waals surface area contributed by atoms with Gasteiger partial charge in [-0.25, -0.2) is 4.39 Å². The SMILES string of the molecule is Cc1ccoc1C(=O)Nc1ccc(F)cc1N. The number of nitrogen functional groups attached to an aromatic ring is 1. The molecular weight excluding hydrogens is 223 g/mol. The van der Waals surface area contributed by atoms with Gasteiger partial charge in [-0.2, -0.15) is 0 Å². The van der Waals surface area contributed by atoms with Crippen molar-refractivity contribution in [3.8, 4) is 0 Å². The number of benzene rings is 1. The van der Waals surface area contributed by atoms with Crippen LogP contribution < -0.4 is 11.1 Å². The molecule has 88 valence electrons. The van der Waals surface area contributed by atoms with E-state index in [2.05, 4.69) is 5.32 Å². The monoisotopic (exact) mass is 234 g/mol. The first-order valence-corrected chi connectivity index (χ1v) is 4.98. The lowest BCUT2D eigenvalue weighted by molar-refractivity contribution is 0.0996. The van der Waals surface area contributed by atoms with E-state index in [1.54, 1.807) is 13.0 Å². The summed E-state index contributed by atoms with van der Waals surface area (Å²) in [5.41, 5.74) is 6.82. The zero-order valence-electron chi connectivity index (χ0n) is 9.16. The molecule has 3 N–H and O–H groups in total. The molecule has 1 heterocycles. The molecule has 2 aromatic rings. The van der Waals surface area contributed by atoms with Crippen LogP contribution in [0.5, 0.6) is 0 Å². The lowest BCUT2D eigenvalue weighted by atomic mass is 10.2. The van der Waals surface area contributed by atoms with Crippen molar-refractivity contribution < 1.29 is 13.6 Å². The van der Waals surface area contributed by atoms with Crippen LogP contribution in [-0.2, 0) is 0 Å². The highest BCUT2D eigenvalue weighted by molar-refractivity contribution is 6.04. The van der Waals surface area contributed by atoms with Gasteiger partial charge in [0.05, 0.1) is 17.6 Å². The molecule has 0 aliphatic rings. The zero-order valence-corrected chi connectivity index (χ0v) is 9.16. The Hall–Kier alpha value is -2.30. The Morgan fingerprint density at radius 1 is 1.41 bits per heavy atom. The Kier molecular flexibility index (Phi) is 2.82. The standard InChI is InChI=1S/C12H11FN2O2/c1-7-4-5-17-11(7)12(16)15-10-3-2-8(13)6-9(10)14/h2-6H,14H2,1H3,(H,15,16). The van der Waals surface area contributed by atoms with Gasteiger partial charge in [0.1, 0.15) is 5.82 Å². The number of hydrogen-bond acceptors (Lipinski definition) is 3. The lowest BCUT2D eigenvalue weighted by Crippen LogP contribution is -2.13. The minimum Gasteiger partial charge on any atom is -0.459 e. The molecule has 0 aliphatic heterocycles. The largest absolute Gasteiger partial charge is 0.459 e. The highest BCUT2D eigenvalue weighted by atomic mass is 19.1. The van der Waals surface area contributed by atoms with E-state index in [-0.39, 0.29) is 11.4 Å². The van der Waals surface area contributed by atoms with Crippen molar-refractivity contribution in [3.05, 3.63) is 47.7 Å². The molecule has 0 unspecified atom stereocenters. The summed E-state index contributed by atoms with van der Waals surface area (Å²) in [6.45, 7) is 1.76. The van der Waals surface area contributed by atoms with Crippen LogP contribution in [-0.4, -0.2) is 5.91 Å². The highest BCUT2D eigenvalue weighted by Gasteiger charge is 2.13. The van der Waals surface area contributed by atoms with E-state index in [0.717, 1.165) is 11.6 Å². The summed E-state index contributed by atoms with van der Waals surface area (Å²) in [5.74, 6) is -0.644. The first-order chi connectivity index (χ1) is 8.08. The van der Waals surface area contributed by atoms with E-state index in [1.807, 2.05) is 0 Å². The predicted octanol–water partition coefficient (Wildman–Crippen LogP) is 2.56. The van der Waals surface area contributed by atoms with Crippen LogP contribution in [0.25, 0.3) is 0 Å². The van der Waals surface area contributed by atoms with E-state index in [1.165, 1.54) is 18.4 Å². The number of hydrogen-bond donors (Lipinski definition) is 2. The van der Waals surface area contributed by atoms with Crippen LogP contribution in [0, 0.1) is 12.7 Å². The molecule has 1 amide bonds. The number of amides is 1. The normalized spacial score (nSPS) is 10.2. The quantitative estimate of drug-likeness (QED) is 0.784. The maximum atomic E-state index is 12.8. The Morgan fingerprint density at radius 2 is 2.18 bits per heavy atom. The molecule has 0 saturated carbocycles. The molecule has 1 aromatic heterocycles. The van der Waals surface area contributed by atoms with Crippen molar-refractivity contribution in [1.82, 2.24) is 0 Å². The summed E-state index contributed by atoms with van der Waals surface area (Å²) >= 11 is 0. The van der Waals surface area contributed by atoms with E-state index < -0.39 is 11.7 Å². The van der Waals surface area contributed by atoms with Gasteiger partial charge in [0.25, 0.3) is 5.91 Å². The number of anilines is 2. The summed E-state index contributed by atoms with van der Waals surface area (Å²) in [6.07, 6.45) is 1.43. The Balaban J connectivity index is 2.22. The lowest BCUT2D eigenvalue weighted by Gasteiger charge is -2.07. The van der Waals surface area contributed by atoms with Gasteiger partial charge in [-0.3, -0.25) is 4.79 Å². The van der Waals surface area contributed by atoms with Crippen molar-refractivity contribution in [1.29, 1.82) is 0 Å². The minimum atomic E-state index is -0.449. The van der Waals surface area contributed by atoms with Crippen molar-refractivity contribution in [3.63, 3.8) is 0 Å². The molecule has 0 bridgehead atoms. The Bertz CT molecular complexity index is 563. The number of carbonyl (C=O) groups is 1. The van der Waals surface area contributed by atoms with Crippen molar-refractivity contribution >= 4 is 17.3 Å². The molecule has 0 fully saturated rings. The van der Waals surface area contributed by atoms with Crippen LogP contribution in [0.15, 0.2) is 34.9 Å². The summed E-state index contributed by atoms with van der Waals surface area (Å²) < 4.78 is 17.8. The second-order valence-electron chi connectivity index (χ2n) is 3.62. The number of aryl methyl sites for hydroxylation is 1. The summed E-state index contributed by atoms with van der Waals surface area (Å²) in [6, 6.07) is 5.45. The molecule has 2 rings (SSSR count). The summed E-state index contributed by atoms with van der Waals surface area (Å²) in [4.78, 5) is 11.8. The maximum Gasteiger partial charge on any atom is 0.291 e. The van der Waals surface area contributed by atoms with Gasteiger partial charge >= 0.3 is 0 Å². The molecule has 1 aromatic carbocycles. The van der Waals surface area contributed by atoms with Crippen molar-refractivity contribution in [2.45, 2.75) is 6.92 Å². The third kappa shape index (κ3) is 2.28. The predicted molar refractivity (Wildman–Crippen MR) is 62.2 cm³/mol. The fourth-order valence-corrected chi connectivity index (χ4v) is 1.43. The number of nitrogens with one attached hydrogen (secondary N) is 1. The van der Waals surface area contributed by atoms with E-state index in [4.69, 9.17) is 10.2 Å². The van der Waals surface area contributed by atoms with Gasteiger partial charge in [0.15, 0.2) is 5.76 Å². The van der Waals surface area contributed by atoms with E-state index >= 15 is 0 Å². The molecular formula is C12H11FN2O2. The fourth-order valence-electron chi connectivity index (χ4n) is 1.43. The Labute approximate surface area is 97.2 Å². The molecule has 0 saturated heterocycles. The average Bonchev–Trinajstić information content (AvgIpc) is 2.68. The molecule has 0 radical (unpaired) electrons. The van der Waals surface area contributed by atoms with Crippen molar-refractivity contribution in [2.24, 2.45) is 0 Å². The number of nitrogens with two attached hydrogens (primary N) is 1. The molecule has 0 aliphatic carbocycles. The summed E-state index contributed by atoms with van der Waals surface area (Å²) in [5, 5.41) is 2.56. The number of furan rings is 1. The maximum absolute atomic E-state index is 12.8. The van der Waals surface area contributed by atoms with E-state index in [0.29, 0.717) is 5.69 Å². The van der Waals surface area contributed by atoms with Gasteiger partial charge in [0.2, 0.25) is 0 Å². The van der Waals surface area contributed by atoms with Gasteiger partial charge in [-0.15, -0.1) is 0 Å². The zero-order chi connectivity index (χ0) is 12.4. The summed E-state index contributed by atoms with van der Waals surface area (Å²) in [7, 11) is 0. The third-order valence-electron chi connectivity index (χ3n) is 2.33. The topological polar surface area (TPSA) is 68.3 Å². The fraction of sp³-hybridized carbons (Fsp3) is 0.0833. The Morgan fingerprint density at radius 3 is 2.76 bits per heavy atom. The first kappa shape index (κ1) is 11.2. The van der Waals surface area contributed by atoms with Crippen LogP contribution in [0.1, 0.15) is 16.1 Å². The van der Waals surface area contributed by atoms with Crippen LogP contribution >= 0.6 is 0 Å². The van der Waals surface area contributed by atoms with Crippen molar-refractivity contribution in [2.75, 3.05) is 11.1 Å². The molecule has 5 heteroatoms. The van der Waals surface area contributed by atoms with Crippen LogP contribution in [0.3, 0.4) is 0 Å². The number of carbonyl (C=O) groups excluding carboxylic acids is 1. The van der Waals surface area contributed by atoms with E-state index in [9.17, 15) is 9.18 Å². The van der Waals surface area contributed by atoms with Crippen LogP contribution in [0.2, 0.25) is 0 Å². The molecule has 4 nitrogen and oxygen atoms in total. The third-order valence-corrected chi connectivity index (χ3v) is 2.33. The van der Waals surface area contributed by atoms with Gasteiger partial charge in [-0.05, 0) is 31.2 Å². The second kappa shape index (κ2) is 4.29. The molecule has 0 atom stereocenters. The number of halogens is 1. The average molecular weight is 234 g/mol. The van der Waals surface area contributed by atoms with Gasteiger partial charge in [-0.1, -0.05) is 0 Å². The number of rotatable bonds is 2. The highest BCUT2D eigenvalue weighted by Crippen LogP contribution is 2.20. The van der Waals surface area contributed by atoms with Gasteiger partial charge in [0, 0.05) is 5.56 Å². The van der Waals surface area contributed by atoms with Gasteiger partial charge < -0.3 is 15.5 Å². The second-order valence-corrected chi connectivity index (χ2v) is 3.62.